The van der Waals surface area contributed by atoms with Crippen molar-refractivity contribution < 1.29 is 4.39 Å². The highest BCUT2D eigenvalue weighted by Gasteiger charge is 2.34. The zero-order chi connectivity index (χ0) is 15.4. The number of rotatable bonds is 2. The van der Waals surface area contributed by atoms with E-state index in [2.05, 4.69) is 46.3 Å². The second-order valence-electron chi connectivity index (χ2n) is 6.61. The maximum absolute atomic E-state index is 14.2. The lowest BCUT2D eigenvalue weighted by atomic mass is 10.1. The number of anilines is 1. The van der Waals surface area contributed by atoms with Crippen LogP contribution >= 0.6 is 15.9 Å². The second-order valence-corrected chi connectivity index (χ2v) is 7.52. The zero-order valence-corrected chi connectivity index (χ0v) is 14.0. The standard InChI is InChI=1S/C16H19BrFN3/c1-16(2,3)21-14(19)13(20-15(21)9-4-5-9)11-8-10(17)6-7-12(11)18/h6-9H,4-5,19H2,1-3H3. The Balaban J connectivity index is 2.22. The highest BCUT2D eigenvalue weighted by atomic mass is 79.9. The van der Waals surface area contributed by atoms with Crippen LogP contribution in [0.5, 0.6) is 0 Å². The normalized spacial score (nSPS) is 15.5. The van der Waals surface area contributed by atoms with Crippen LogP contribution in [-0.4, -0.2) is 9.55 Å². The molecule has 0 amide bonds. The quantitative estimate of drug-likeness (QED) is 0.854. The van der Waals surface area contributed by atoms with Crippen LogP contribution in [-0.2, 0) is 5.54 Å². The van der Waals surface area contributed by atoms with Crippen molar-refractivity contribution in [2.24, 2.45) is 0 Å². The number of halogens is 2. The molecule has 0 saturated heterocycles. The number of aromatic nitrogens is 2. The summed E-state index contributed by atoms with van der Waals surface area (Å²) in [5.74, 6) is 1.68. The summed E-state index contributed by atoms with van der Waals surface area (Å²) in [4.78, 5) is 4.69. The number of hydrogen-bond donors (Lipinski definition) is 1. The summed E-state index contributed by atoms with van der Waals surface area (Å²) in [5.41, 5.74) is 7.15. The van der Waals surface area contributed by atoms with Crippen molar-refractivity contribution in [2.45, 2.75) is 45.1 Å². The molecule has 0 aliphatic heterocycles. The molecule has 0 bridgehead atoms. The highest BCUT2D eigenvalue weighted by Crippen LogP contribution is 2.44. The fourth-order valence-electron chi connectivity index (χ4n) is 2.65. The summed E-state index contributed by atoms with van der Waals surface area (Å²) in [5, 5.41) is 0. The molecule has 1 aliphatic carbocycles. The molecule has 0 spiro atoms. The van der Waals surface area contributed by atoms with Gasteiger partial charge in [0.25, 0.3) is 0 Å². The van der Waals surface area contributed by atoms with Gasteiger partial charge >= 0.3 is 0 Å². The first-order valence-corrected chi connectivity index (χ1v) is 7.92. The van der Waals surface area contributed by atoms with Gasteiger partial charge in [0.1, 0.15) is 23.2 Å². The first-order chi connectivity index (χ1) is 9.79. The van der Waals surface area contributed by atoms with E-state index >= 15 is 0 Å². The van der Waals surface area contributed by atoms with Gasteiger partial charge in [0, 0.05) is 21.5 Å². The summed E-state index contributed by atoms with van der Waals surface area (Å²) in [6.07, 6.45) is 2.26. The maximum atomic E-state index is 14.2. The molecule has 1 fully saturated rings. The third-order valence-electron chi connectivity index (χ3n) is 3.74. The average Bonchev–Trinajstić information content (AvgIpc) is 3.15. The van der Waals surface area contributed by atoms with Crippen LogP contribution in [0.4, 0.5) is 10.2 Å². The van der Waals surface area contributed by atoms with E-state index in [0.29, 0.717) is 23.0 Å². The molecule has 3 nitrogen and oxygen atoms in total. The number of nitrogen functional groups attached to an aromatic ring is 1. The van der Waals surface area contributed by atoms with E-state index in [0.717, 1.165) is 23.1 Å². The van der Waals surface area contributed by atoms with Gasteiger partial charge in [-0.1, -0.05) is 15.9 Å². The Morgan fingerprint density at radius 1 is 1.33 bits per heavy atom. The number of imidazole rings is 1. The number of nitrogens with two attached hydrogens (primary N) is 1. The first kappa shape index (κ1) is 14.6. The van der Waals surface area contributed by atoms with Crippen LogP contribution in [0, 0.1) is 5.82 Å². The van der Waals surface area contributed by atoms with E-state index in [-0.39, 0.29) is 11.4 Å². The van der Waals surface area contributed by atoms with Crippen molar-refractivity contribution >= 4 is 21.7 Å². The zero-order valence-electron chi connectivity index (χ0n) is 12.5. The monoisotopic (exact) mass is 351 g/mol. The van der Waals surface area contributed by atoms with Crippen molar-refractivity contribution in [3.05, 3.63) is 34.3 Å². The molecule has 0 radical (unpaired) electrons. The molecule has 3 rings (SSSR count). The van der Waals surface area contributed by atoms with Crippen molar-refractivity contribution in [1.29, 1.82) is 0 Å². The summed E-state index contributed by atoms with van der Waals surface area (Å²) in [6, 6.07) is 4.85. The molecule has 1 heterocycles. The van der Waals surface area contributed by atoms with Gasteiger partial charge in [0.05, 0.1) is 0 Å². The van der Waals surface area contributed by atoms with Crippen molar-refractivity contribution in [3.8, 4) is 11.3 Å². The molecule has 21 heavy (non-hydrogen) atoms. The Hall–Kier alpha value is -1.36. The second kappa shape index (κ2) is 4.83. The Labute approximate surface area is 132 Å². The van der Waals surface area contributed by atoms with Gasteiger partial charge in [0.2, 0.25) is 0 Å². The molecule has 112 valence electrons. The SMILES string of the molecule is CC(C)(C)n1c(C2CC2)nc(-c2cc(Br)ccc2F)c1N. The fraction of sp³-hybridized carbons (Fsp3) is 0.438. The Morgan fingerprint density at radius 2 is 2.00 bits per heavy atom. The van der Waals surface area contributed by atoms with Gasteiger partial charge in [-0.25, -0.2) is 9.37 Å². The maximum Gasteiger partial charge on any atom is 0.132 e. The lowest BCUT2D eigenvalue weighted by Gasteiger charge is -2.25. The van der Waals surface area contributed by atoms with E-state index in [1.807, 2.05) is 0 Å². The third-order valence-corrected chi connectivity index (χ3v) is 4.23. The van der Waals surface area contributed by atoms with Gasteiger partial charge in [-0.2, -0.15) is 0 Å². The summed E-state index contributed by atoms with van der Waals surface area (Å²) in [6.45, 7) is 6.29. The minimum Gasteiger partial charge on any atom is -0.383 e. The molecule has 1 aromatic carbocycles. The third kappa shape index (κ3) is 2.59. The summed E-state index contributed by atoms with van der Waals surface area (Å²) >= 11 is 3.38. The van der Waals surface area contributed by atoms with Crippen LogP contribution < -0.4 is 5.73 Å². The summed E-state index contributed by atoms with van der Waals surface area (Å²) < 4.78 is 17.0. The molecule has 5 heteroatoms. The highest BCUT2D eigenvalue weighted by molar-refractivity contribution is 9.10. The molecular formula is C16H19BrFN3. The predicted molar refractivity (Wildman–Crippen MR) is 86.7 cm³/mol. The van der Waals surface area contributed by atoms with E-state index in [1.54, 1.807) is 12.1 Å². The topological polar surface area (TPSA) is 43.8 Å². The lowest BCUT2D eigenvalue weighted by Crippen LogP contribution is -2.25. The van der Waals surface area contributed by atoms with Gasteiger partial charge in [-0.15, -0.1) is 0 Å². The van der Waals surface area contributed by atoms with E-state index in [4.69, 9.17) is 5.73 Å². The molecular weight excluding hydrogens is 333 g/mol. The van der Waals surface area contributed by atoms with Crippen LogP contribution in [0.25, 0.3) is 11.3 Å². The van der Waals surface area contributed by atoms with Gasteiger partial charge in [-0.05, 0) is 51.8 Å². The van der Waals surface area contributed by atoms with Crippen molar-refractivity contribution in [1.82, 2.24) is 9.55 Å². The smallest absolute Gasteiger partial charge is 0.132 e. The average molecular weight is 352 g/mol. The van der Waals surface area contributed by atoms with Gasteiger partial charge in [0.15, 0.2) is 0 Å². The molecule has 1 aromatic heterocycles. The number of nitrogens with zero attached hydrogens (tertiary/aromatic N) is 2. The van der Waals surface area contributed by atoms with Crippen molar-refractivity contribution in [3.63, 3.8) is 0 Å². The summed E-state index contributed by atoms with van der Waals surface area (Å²) in [7, 11) is 0. The first-order valence-electron chi connectivity index (χ1n) is 7.13. The molecule has 0 unspecified atom stereocenters. The molecule has 2 N–H and O–H groups in total. The predicted octanol–water partition coefficient (Wildman–Crippen LogP) is 4.67. The molecule has 1 aliphatic rings. The van der Waals surface area contributed by atoms with Crippen LogP contribution in [0.1, 0.15) is 45.4 Å². The Bertz CT molecular complexity index is 696. The molecule has 0 atom stereocenters. The largest absolute Gasteiger partial charge is 0.383 e. The lowest BCUT2D eigenvalue weighted by molar-refractivity contribution is 0.388. The van der Waals surface area contributed by atoms with Gasteiger partial charge in [-0.3, -0.25) is 0 Å². The minimum absolute atomic E-state index is 0.171. The van der Waals surface area contributed by atoms with Crippen LogP contribution in [0.3, 0.4) is 0 Å². The number of benzene rings is 1. The fourth-order valence-corrected chi connectivity index (χ4v) is 3.01. The van der Waals surface area contributed by atoms with E-state index < -0.39 is 0 Å². The van der Waals surface area contributed by atoms with E-state index in [9.17, 15) is 4.39 Å². The molecule has 1 saturated carbocycles. The van der Waals surface area contributed by atoms with Crippen molar-refractivity contribution in [2.75, 3.05) is 5.73 Å². The van der Waals surface area contributed by atoms with Crippen LogP contribution in [0.2, 0.25) is 0 Å². The Morgan fingerprint density at radius 3 is 2.57 bits per heavy atom. The van der Waals surface area contributed by atoms with E-state index in [1.165, 1.54) is 6.07 Å². The van der Waals surface area contributed by atoms with Gasteiger partial charge < -0.3 is 10.3 Å². The Kier molecular flexibility index (Phi) is 3.35. The molecule has 2 aromatic rings. The van der Waals surface area contributed by atoms with Crippen LogP contribution in [0.15, 0.2) is 22.7 Å². The minimum atomic E-state index is -0.300. The number of hydrogen-bond acceptors (Lipinski definition) is 2.